The van der Waals surface area contributed by atoms with Gasteiger partial charge in [0.1, 0.15) is 17.6 Å². The summed E-state index contributed by atoms with van der Waals surface area (Å²) < 4.78 is 18.5. The van der Waals surface area contributed by atoms with E-state index in [0.29, 0.717) is 43.6 Å². The van der Waals surface area contributed by atoms with Crippen LogP contribution in [0.4, 0.5) is 15.8 Å². The predicted molar refractivity (Wildman–Crippen MR) is 121 cm³/mol. The molecule has 0 radical (unpaired) electrons. The smallest absolute Gasteiger partial charge is 0.249 e. The molecule has 1 atom stereocenters. The molecule has 1 saturated heterocycles. The third-order valence-electron chi connectivity index (χ3n) is 5.59. The van der Waals surface area contributed by atoms with Crippen molar-refractivity contribution in [3.8, 4) is 5.75 Å². The molecule has 4 rings (SSSR count). The number of methoxy groups -OCH3 is 1. The van der Waals surface area contributed by atoms with Crippen molar-refractivity contribution >= 4 is 29.1 Å². The molecule has 2 aromatic carbocycles. The number of piperazine rings is 1. The molecule has 0 spiro atoms. The average Bonchev–Trinajstić information content (AvgIpc) is 2.79. The summed E-state index contributed by atoms with van der Waals surface area (Å²) >= 11 is 0. The van der Waals surface area contributed by atoms with Crippen LogP contribution in [0, 0.1) is 12.7 Å². The molecule has 8 nitrogen and oxygen atoms in total. The Morgan fingerprint density at radius 2 is 1.81 bits per heavy atom. The topological polar surface area (TPSA) is 86.3 Å². The van der Waals surface area contributed by atoms with Crippen LogP contribution in [-0.2, 0) is 9.59 Å². The zero-order chi connectivity index (χ0) is 22.7. The Kier molecular flexibility index (Phi) is 6.25. The van der Waals surface area contributed by atoms with Gasteiger partial charge in [-0.15, -0.1) is 0 Å². The number of ether oxygens (including phenoxy) is 1. The summed E-state index contributed by atoms with van der Waals surface area (Å²) in [6.45, 7) is 4.55. The minimum atomic E-state index is -0.820. The lowest BCUT2D eigenvalue weighted by Gasteiger charge is -2.38. The number of rotatable bonds is 4. The van der Waals surface area contributed by atoms with Gasteiger partial charge in [-0.05, 0) is 48.9 Å². The van der Waals surface area contributed by atoms with E-state index in [1.807, 2.05) is 24.0 Å². The number of carbonyl (C=O) groups excluding carboxylic acids is 2. The largest absolute Gasteiger partial charge is 0.495 e. The summed E-state index contributed by atoms with van der Waals surface area (Å²) in [5.41, 5.74) is 2.48. The van der Waals surface area contributed by atoms with E-state index in [-0.39, 0.29) is 24.1 Å². The van der Waals surface area contributed by atoms with Crippen molar-refractivity contribution in [3.05, 3.63) is 53.8 Å². The summed E-state index contributed by atoms with van der Waals surface area (Å²) in [5.74, 6) is 0.0967. The van der Waals surface area contributed by atoms with Gasteiger partial charge >= 0.3 is 0 Å². The molecule has 168 valence electrons. The van der Waals surface area contributed by atoms with Crippen LogP contribution in [-0.4, -0.2) is 62.0 Å². The Hall–Kier alpha value is -3.62. The van der Waals surface area contributed by atoms with Gasteiger partial charge in [0.15, 0.2) is 0 Å². The van der Waals surface area contributed by atoms with Crippen LogP contribution in [0.15, 0.2) is 47.5 Å². The van der Waals surface area contributed by atoms with Crippen LogP contribution in [0.25, 0.3) is 0 Å². The van der Waals surface area contributed by atoms with E-state index >= 15 is 0 Å². The normalized spacial score (nSPS) is 18.7. The van der Waals surface area contributed by atoms with E-state index in [2.05, 4.69) is 20.5 Å². The first-order valence-corrected chi connectivity index (χ1v) is 10.5. The number of hydrogen-bond acceptors (Lipinski definition) is 6. The number of nitrogens with zero attached hydrogens (tertiary/aromatic N) is 3. The SMILES string of the molecule is COc1ccc(C)cc1NC(=O)[C@H]1CC(=O)NC(N2CCN(c3ccc(F)cc3)CC2)=N1. The number of carbonyl (C=O) groups is 2. The highest BCUT2D eigenvalue weighted by Gasteiger charge is 2.31. The molecule has 0 aliphatic carbocycles. The van der Waals surface area contributed by atoms with Gasteiger partial charge in [0.2, 0.25) is 17.8 Å². The quantitative estimate of drug-likeness (QED) is 0.763. The monoisotopic (exact) mass is 439 g/mol. The lowest BCUT2D eigenvalue weighted by atomic mass is 10.1. The van der Waals surface area contributed by atoms with Crippen molar-refractivity contribution in [1.29, 1.82) is 0 Å². The maximum atomic E-state index is 13.2. The fraction of sp³-hybridized carbons (Fsp3) is 0.348. The number of guanidine groups is 1. The highest BCUT2D eigenvalue weighted by molar-refractivity contribution is 6.06. The second kappa shape index (κ2) is 9.25. The minimum absolute atomic E-state index is 0.0149. The van der Waals surface area contributed by atoms with E-state index < -0.39 is 6.04 Å². The van der Waals surface area contributed by atoms with Gasteiger partial charge < -0.3 is 19.9 Å². The van der Waals surface area contributed by atoms with Gasteiger partial charge in [0, 0.05) is 31.9 Å². The molecule has 0 saturated carbocycles. The number of amides is 2. The Balaban J connectivity index is 1.43. The molecule has 2 amide bonds. The highest BCUT2D eigenvalue weighted by Crippen LogP contribution is 2.26. The number of anilines is 2. The second-order valence-corrected chi connectivity index (χ2v) is 7.86. The number of aliphatic imine (C=N–C) groups is 1. The Morgan fingerprint density at radius 1 is 1.12 bits per heavy atom. The molecule has 0 aromatic heterocycles. The van der Waals surface area contributed by atoms with Crippen molar-refractivity contribution in [2.75, 3.05) is 43.5 Å². The van der Waals surface area contributed by atoms with E-state index in [9.17, 15) is 14.0 Å². The first-order chi connectivity index (χ1) is 15.4. The van der Waals surface area contributed by atoms with Crippen LogP contribution in [0.3, 0.4) is 0 Å². The van der Waals surface area contributed by atoms with Gasteiger partial charge in [-0.2, -0.15) is 0 Å². The predicted octanol–water partition coefficient (Wildman–Crippen LogP) is 2.15. The fourth-order valence-corrected chi connectivity index (χ4v) is 3.85. The average molecular weight is 439 g/mol. The Labute approximate surface area is 186 Å². The summed E-state index contributed by atoms with van der Waals surface area (Å²) in [6, 6.07) is 11.1. The lowest BCUT2D eigenvalue weighted by Crippen LogP contribution is -2.56. The molecular formula is C23H26FN5O3. The molecule has 2 heterocycles. The maximum Gasteiger partial charge on any atom is 0.249 e. The van der Waals surface area contributed by atoms with Gasteiger partial charge in [-0.25, -0.2) is 9.38 Å². The van der Waals surface area contributed by atoms with E-state index in [4.69, 9.17) is 4.74 Å². The van der Waals surface area contributed by atoms with Gasteiger partial charge in [-0.3, -0.25) is 14.9 Å². The van der Waals surface area contributed by atoms with Gasteiger partial charge in [0.25, 0.3) is 0 Å². The van der Waals surface area contributed by atoms with Gasteiger partial charge in [-0.1, -0.05) is 6.07 Å². The van der Waals surface area contributed by atoms with Crippen LogP contribution < -0.4 is 20.3 Å². The summed E-state index contributed by atoms with van der Waals surface area (Å²) in [6.07, 6.45) is -0.0149. The van der Waals surface area contributed by atoms with Crippen LogP contribution >= 0.6 is 0 Å². The highest BCUT2D eigenvalue weighted by atomic mass is 19.1. The zero-order valence-electron chi connectivity index (χ0n) is 18.1. The molecule has 2 aliphatic rings. The molecule has 0 bridgehead atoms. The van der Waals surface area contributed by atoms with Crippen molar-refractivity contribution in [2.24, 2.45) is 4.99 Å². The molecule has 2 aromatic rings. The third kappa shape index (κ3) is 4.82. The number of halogens is 1. The lowest BCUT2D eigenvalue weighted by molar-refractivity contribution is -0.125. The molecule has 32 heavy (non-hydrogen) atoms. The van der Waals surface area contributed by atoms with Gasteiger partial charge in [0.05, 0.1) is 19.2 Å². The van der Waals surface area contributed by atoms with Crippen molar-refractivity contribution < 1.29 is 18.7 Å². The van der Waals surface area contributed by atoms with Crippen molar-refractivity contribution in [1.82, 2.24) is 10.2 Å². The number of nitrogens with one attached hydrogen (secondary N) is 2. The molecule has 2 N–H and O–H groups in total. The fourth-order valence-electron chi connectivity index (χ4n) is 3.85. The molecule has 1 fully saturated rings. The Bertz CT molecular complexity index is 1030. The number of hydrogen-bond donors (Lipinski definition) is 2. The molecule has 0 unspecified atom stereocenters. The van der Waals surface area contributed by atoms with E-state index in [0.717, 1.165) is 11.3 Å². The van der Waals surface area contributed by atoms with E-state index in [1.54, 1.807) is 18.2 Å². The second-order valence-electron chi connectivity index (χ2n) is 7.86. The number of aryl methyl sites for hydroxylation is 1. The first-order valence-electron chi connectivity index (χ1n) is 10.5. The summed E-state index contributed by atoms with van der Waals surface area (Å²) in [4.78, 5) is 33.8. The van der Waals surface area contributed by atoms with Crippen molar-refractivity contribution in [3.63, 3.8) is 0 Å². The Morgan fingerprint density at radius 3 is 2.50 bits per heavy atom. The standard InChI is InChI=1S/C23H26FN5O3/c1-15-3-8-20(32-2)18(13-15)25-22(31)19-14-21(30)27-23(26-19)29-11-9-28(10-12-29)17-6-4-16(24)5-7-17/h3-8,13,19H,9-12,14H2,1-2H3,(H,25,31)(H,26,27,30)/t19-/m1/s1. The maximum absolute atomic E-state index is 13.2. The summed E-state index contributed by atoms with van der Waals surface area (Å²) in [7, 11) is 1.54. The van der Waals surface area contributed by atoms with E-state index in [1.165, 1.54) is 19.2 Å². The third-order valence-corrected chi connectivity index (χ3v) is 5.59. The van der Waals surface area contributed by atoms with Crippen LogP contribution in [0.2, 0.25) is 0 Å². The first kappa shape index (κ1) is 21.6. The van der Waals surface area contributed by atoms with Crippen LogP contribution in [0.1, 0.15) is 12.0 Å². The summed E-state index contributed by atoms with van der Waals surface area (Å²) in [5, 5.41) is 5.63. The minimum Gasteiger partial charge on any atom is -0.495 e. The molecule has 2 aliphatic heterocycles. The van der Waals surface area contributed by atoms with Crippen LogP contribution in [0.5, 0.6) is 5.75 Å². The zero-order valence-corrected chi connectivity index (χ0v) is 18.1. The van der Waals surface area contributed by atoms with Crippen molar-refractivity contribution in [2.45, 2.75) is 19.4 Å². The molecular weight excluding hydrogens is 413 g/mol. The molecule has 9 heteroatoms. The number of benzene rings is 2.